The van der Waals surface area contributed by atoms with E-state index in [0.29, 0.717) is 19.0 Å². The van der Waals surface area contributed by atoms with Crippen LogP contribution in [0.2, 0.25) is 0 Å². The lowest BCUT2D eigenvalue weighted by molar-refractivity contribution is -0.126. The Labute approximate surface area is 136 Å². The quantitative estimate of drug-likeness (QED) is 0.631. The van der Waals surface area contributed by atoms with Crippen molar-refractivity contribution in [3.63, 3.8) is 0 Å². The molecule has 0 unspecified atom stereocenters. The molecular formula is C16H26N4O3. The molecule has 0 bridgehead atoms. The second-order valence-corrected chi connectivity index (χ2v) is 7.38. The van der Waals surface area contributed by atoms with E-state index < -0.39 is 11.6 Å². The Balaban J connectivity index is 1.54. The van der Waals surface area contributed by atoms with Crippen molar-refractivity contribution in [1.29, 1.82) is 0 Å². The van der Waals surface area contributed by atoms with E-state index in [0.717, 1.165) is 19.4 Å². The Morgan fingerprint density at radius 3 is 2.74 bits per heavy atom. The molecule has 2 heterocycles. The third-order valence-electron chi connectivity index (χ3n) is 5.48. The number of piperidine rings is 1. The minimum Gasteiger partial charge on any atom is -0.352 e. The summed E-state index contributed by atoms with van der Waals surface area (Å²) in [4.78, 5) is 37.8. The Kier molecular flexibility index (Phi) is 4.31. The molecule has 7 nitrogen and oxygen atoms in total. The van der Waals surface area contributed by atoms with Crippen molar-refractivity contribution in [1.82, 2.24) is 20.9 Å². The van der Waals surface area contributed by atoms with Gasteiger partial charge in [-0.05, 0) is 52.0 Å². The molecule has 3 fully saturated rings. The van der Waals surface area contributed by atoms with Gasteiger partial charge in [-0.25, -0.2) is 4.79 Å². The number of imide groups is 1. The summed E-state index contributed by atoms with van der Waals surface area (Å²) < 4.78 is 0. The van der Waals surface area contributed by atoms with Crippen LogP contribution in [0, 0.1) is 11.8 Å². The van der Waals surface area contributed by atoms with Gasteiger partial charge in [-0.15, -0.1) is 0 Å². The van der Waals surface area contributed by atoms with Gasteiger partial charge in [0.25, 0.3) is 5.91 Å². The third-order valence-corrected chi connectivity index (χ3v) is 5.48. The van der Waals surface area contributed by atoms with Crippen LogP contribution in [0.25, 0.3) is 0 Å². The number of urea groups is 1. The van der Waals surface area contributed by atoms with Gasteiger partial charge in [0.15, 0.2) is 0 Å². The second-order valence-electron chi connectivity index (χ2n) is 7.38. The zero-order valence-corrected chi connectivity index (χ0v) is 13.9. The van der Waals surface area contributed by atoms with Gasteiger partial charge in [0, 0.05) is 18.5 Å². The van der Waals surface area contributed by atoms with Crippen LogP contribution in [0.1, 0.15) is 39.5 Å². The third kappa shape index (κ3) is 3.49. The normalized spacial score (nSPS) is 33.0. The van der Waals surface area contributed by atoms with Crippen molar-refractivity contribution in [2.75, 3.05) is 19.6 Å². The molecule has 128 valence electrons. The summed E-state index contributed by atoms with van der Waals surface area (Å²) in [5.74, 6) is 0.456. The van der Waals surface area contributed by atoms with Crippen molar-refractivity contribution in [2.24, 2.45) is 11.8 Å². The van der Waals surface area contributed by atoms with Crippen LogP contribution < -0.4 is 16.0 Å². The van der Waals surface area contributed by atoms with E-state index in [1.807, 2.05) is 0 Å². The fraction of sp³-hybridized carbons (Fsp3) is 0.812. The van der Waals surface area contributed by atoms with Crippen molar-refractivity contribution >= 4 is 17.8 Å². The van der Waals surface area contributed by atoms with Gasteiger partial charge in [0.2, 0.25) is 5.91 Å². The number of rotatable bonds is 5. The Bertz CT molecular complexity index is 519. The van der Waals surface area contributed by atoms with E-state index >= 15 is 0 Å². The van der Waals surface area contributed by atoms with E-state index in [1.54, 1.807) is 6.92 Å². The Morgan fingerprint density at radius 2 is 2.13 bits per heavy atom. The summed E-state index contributed by atoms with van der Waals surface area (Å²) in [6.45, 7) is 5.70. The maximum Gasteiger partial charge on any atom is 0.322 e. The fourth-order valence-electron chi connectivity index (χ4n) is 3.73. The first-order chi connectivity index (χ1) is 10.9. The standard InChI is InChI=1S/C16H26N4O3/c1-10(11-5-6-11)17-13(21)9-20-7-3-4-12(8-20)16(2)14(22)18-15(23)19-16/h10-12H,3-9H2,1-2H3,(H,17,21)(H2,18,19,22,23)/t10-,12-,16-/m0/s1. The second kappa shape index (κ2) is 6.11. The van der Waals surface area contributed by atoms with E-state index in [4.69, 9.17) is 0 Å². The minimum absolute atomic E-state index is 0.0244. The molecule has 3 atom stereocenters. The highest BCUT2D eigenvalue weighted by molar-refractivity contribution is 6.07. The molecule has 3 rings (SSSR count). The van der Waals surface area contributed by atoms with Crippen LogP contribution in [-0.2, 0) is 9.59 Å². The summed E-state index contributed by atoms with van der Waals surface area (Å²) >= 11 is 0. The molecule has 0 aromatic heterocycles. The largest absolute Gasteiger partial charge is 0.352 e. The lowest BCUT2D eigenvalue weighted by Crippen LogP contribution is -2.56. The van der Waals surface area contributed by atoms with Gasteiger partial charge in [-0.3, -0.25) is 19.8 Å². The van der Waals surface area contributed by atoms with E-state index in [2.05, 4.69) is 27.8 Å². The van der Waals surface area contributed by atoms with E-state index in [-0.39, 0.29) is 23.8 Å². The summed E-state index contributed by atoms with van der Waals surface area (Å²) in [5, 5.41) is 8.14. The van der Waals surface area contributed by atoms with E-state index in [1.165, 1.54) is 12.8 Å². The Morgan fingerprint density at radius 1 is 1.39 bits per heavy atom. The number of carbonyl (C=O) groups is 3. The van der Waals surface area contributed by atoms with Crippen LogP contribution in [-0.4, -0.2) is 54.0 Å². The zero-order valence-electron chi connectivity index (χ0n) is 13.9. The summed E-state index contributed by atoms with van der Waals surface area (Å²) in [7, 11) is 0. The first-order valence-electron chi connectivity index (χ1n) is 8.54. The number of hydrogen-bond donors (Lipinski definition) is 3. The van der Waals surface area contributed by atoms with Crippen LogP contribution in [0.15, 0.2) is 0 Å². The molecule has 2 aliphatic heterocycles. The highest BCUT2D eigenvalue weighted by Crippen LogP contribution is 2.32. The molecule has 23 heavy (non-hydrogen) atoms. The molecular weight excluding hydrogens is 296 g/mol. The maximum absolute atomic E-state index is 12.2. The Hall–Kier alpha value is -1.63. The predicted octanol–water partition coefficient (Wildman–Crippen LogP) is 0.211. The highest BCUT2D eigenvalue weighted by atomic mass is 16.2. The molecule has 1 saturated carbocycles. The molecule has 7 heteroatoms. The number of likely N-dealkylation sites (tertiary alicyclic amines) is 1. The molecule has 0 aromatic rings. The molecule has 0 aromatic carbocycles. The average molecular weight is 322 g/mol. The van der Waals surface area contributed by atoms with Gasteiger partial charge in [0.1, 0.15) is 5.54 Å². The lowest BCUT2D eigenvalue weighted by atomic mass is 9.80. The SMILES string of the molecule is C[C@H](NC(=O)CN1CCC[C@H]([C@]2(C)NC(=O)NC2=O)C1)C1CC1. The highest BCUT2D eigenvalue weighted by Gasteiger charge is 2.49. The zero-order chi connectivity index (χ0) is 16.6. The first-order valence-corrected chi connectivity index (χ1v) is 8.54. The molecule has 3 N–H and O–H groups in total. The maximum atomic E-state index is 12.2. The first kappa shape index (κ1) is 16.2. The van der Waals surface area contributed by atoms with Gasteiger partial charge < -0.3 is 10.6 Å². The van der Waals surface area contributed by atoms with Crippen molar-refractivity contribution in [2.45, 2.75) is 51.1 Å². The molecule has 0 spiro atoms. The molecule has 2 saturated heterocycles. The monoisotopic (exact) mass is 322 g/mol. The van der Waals surface area contributed by atoms with Gasteiger partial charge in [-0.2, -0.15) is 0 Å². The van der Waals surface area contributed by atoms with E-state index in [9.17, 15) is 14.4 Å². The summed E-state index contributed by atoms with van der Waals surface area (Å²) in [5.41, 5.74) is -0.868. The molecule has 0 radical (unpaired) electrons. The molecule has 3 aliphatic rings. The number of amides is 4. The molecule has 1 aliphatic carbocycles. The lowest BCUT2D eigenvalue weighted by Gasteiger charge is -2.39. The van der Waals surface area contributed by atoms with Gasteiger partial charge >= 0.3 is 6.03 Å². The molecule has 4 amide bonds. The van der Waals surface area contributed by atoms with Crippen molar-refractivity contribution < 1.29 is 14.4 Å². The van der Waals surface area contributed by atoms with Gasteiger partial charge in [0.05, 0.1) is 6.54 Å². The van der Waals surface area contributed by atoms with Crippen LogP contribution in [0.5, 0.6) is 0 Å². The number of nitrogens with zero attached hydrogens (tertiary/aromatic N) is 1. The van der Waals surface area contributed by atoms with Gasteiger partial charge in [-0.1, -0.05) is 0 Å². The topological polar surface area (TPSA) is 90.5 Å². The van der Waals surface area contributed by atoms with Crippen LogP contribution in [0.4, 0.5) is 4.79 Å². The smallest absolute Gasteiger partial charge is 0.322 e. The average Bonchev–Trinajstić information content (AvgIpc) is 3.27. The predicted molar refractivity (Wildman–Crippen MR) is 84.6 cm³/mol. The van der Waals surface area contributed by atoms with Crippen LogP contribution >= 0.6 is 0 Å². The number of nitrogens with one attached hydrogen (secondary N) is 3. The van der Waals surface area contributed by atoms with Crippen molar-refractivity contribution in [3.05, 3.63) is 0 Å². The summed E-state index contributed by atoms with van der Waals surface area (Å²) in [6, 6.07) is -0.175. The summed E-state index contributed by atoms with van der Waals surface area (Å²) in [6.07, 6.45) is 4.22. The fourth-order valence-corrected chi connectivity index (χ4v) is 3.73. The van der Waals surface area contributed by atoms with Crippen LogP contribution in [0.3, 0.4) is 0 Å². The number of hydrogen-bond acceptors (Lipinski definition) is 4. The minimum atomic E-state index is -0.868. The van der Waals surface area contributed by atoms with Crippen molar-refractivity contribution in [3.8, 4) is 0 Å². The number of carbonyl (C=O) groups excluding carboxylic acids is 3.